The number of aromatic nitrogens is 2. The van der Waals surface area contributed by atoms with Gasteiger partial charge < -0.3 is 9.47 Å². The summed E-state index contributed by atoms with van der Waals surface area (Å²) in [7, 11) is 8.48. The van der Waals surface area contributed by atoms with E-state index in [1.807, 2.05) is 35.0 Å². The van der Waals surface area contributed by atoms with Crippen molar-refractivity contribution in [2.24, 2.45) is 23.7 Å². The summed E-state index contributed by atoms with van der Waals surface area (Å²) in [6.45, 7) is 12.3. The molecule has 8 rings (SSSR count). The maximum Gasteiger partial charge on any atom is 0.552 e. The van der Waals surface area contributed by atoms with Crippen LogP contribution in [0.25, 0.3) is 23.8 Å². The van der Waals surface area contributed by atoms with E-state index in [9.17, 15) is 19.2 Å². The second-order valence-corrected chi connectivity index (χ2v) is 16.1. The highest BCUT2D eigenvalue weighted by Crippen LogP contribution is 2.56. The summed E-state index contributed by atoms with van der Waals surface area (Å²) in [5, 5.41) is 1.78. The van der Waals surface area contributed by atoms with Crippen molar-refractivity contribution in [1.29, 1.82) is 0 Å². The van der Waals surface area contributed by atoms with E-state index < -0.39 is 11.9 Å². The molecule has 5 atom stereocenters. The van der Waals surface area contributed by atoms with Crippen molar-refractivity contribution in [3.8, 4) is 0 Å². The fraction of sp³-hybridized carbons (Fsp3) is 0.500. The highest BCUT2D eigenvalue weighted by molar-refractivity contribution is 6.14. The Morgan fingerprint density at radius 2 is 1.50 bits per heavy atom. The third-order valence-corrected chi connectivity index (χ3v) is 12.4. The Labute approximate surface area is 303 Å². The minimum Gasteiger partial charge on any atom is -0.469 e. The van der Waals surface area contributed by atoms with E-state index >= 15 is 0 Å². The SMILES string of the molecule is CC[C@H]1C2=Cc3c(C)c(C(=O)N[N+](C)(C)C)c4n3[C@@]35n6c(c(C)c(C(C)=O)c6=CC(=[N+]23)[C@@H]1C)=CC1=[N+]5C(=C4CC(=O)OC)[C@@H](CCC(=O)OC)[C@@H]1C. The Morgan fingerprint density at radius 3 is 2.12 bits per heavy atom. The van der Waals surface area contributed by atoms with Crippen LogP contribution in [0, 0.1) is 37.5 Å². The molecule has 8 heterocycles. The zero-order chi connectivity index (χ0) is 37.5. The lowest BCUT2D eigenvalue weighted by Gasteiger charge is -2.39. The smallest absolute Gasteiger partial charge is 0.469 e. The van der Waals surface area contributed by atoms with Crippen LogP contribution in [0.3, 0.4) is 0 Å². The average Bonchev–Trinajstić information content (AvgIpc) is 3.74. The van der Waals surface area contributed by atoms with Gasteiger partial charge in [0.05, 0.1) is 98.7 Å². The number of nitrogens with zero attached hydrogens (tertiary/aromatic N) is 5. The van der Waals surface area contributed by atoms with E-state index in [0.29, 0.717) is 28.8 Å². The third-order valence-electron chi connectivity index (χ3n) is 12.4. The standard InChI is InChI=1S/C40H48N6O6/c1-12-24-19(2)27-18-32-35(23(6)47)21(4)29-16-28-20(3)25(13-14-33(48)51-10)37-26(15-34(49)52-11)38-36(39(50)41-46(7,8)9)22(5)30-17-31(24)42(27)40(43(29)32,44(28)37)45(30)38/h16-20,24-25H,12-15H2,1-11H3/q+2/p+1/t19-,20+,24-,25+,40-/m1/s1. The summed E-state index contributed by atoms with van der Waals surface area (Å²) in [5.74, 6) is -2.07. The first-order valence-electron chi connectivity index (χ1n) is 18.3. The predicted octanol–water partition coefficient (Wildman–Crippen LogP) is 2.61. The molecule has 0 unspecified atom stereocenters. The van der Waals surface area contributed by atoms with Crippen molar-refractivity contribution >= 4 is 58.9 Å². The monoisotopic (exact) mass is 709 g/mol. The van der Waals surface area contributed by atoms with Gasteiger partial charge in [-0.05, 0) is 44.7 Å². The maximum absolute atomic E-state index is 14.7. The number of hydrogen-bond acceptors (Lipinski definition) is 6. The fourth-order valence-corrected chi connectivity index (χ4v) is 10.3. The molecule has 272 valence electrons. The third kappa shape index (κ3) is 4.07. The van der Waals surface area contributed by atoms with Crippen LogP contribution in [0.5, 0.6) is 0 Å². The van der Waals surface area contributed by atoms with Gasteiger partial charge in [-0.2, -0.15) is 14.6 Å². The molecule has 1 amide bonds. The molecule has 0 saturated heterocycles. The second kappa shape index (κ2) is 11.1. The van der Waals surface area contributed by atoms with Crippen molar-refractivity contribution in [2.45, 2.75) is 73.1 Å². The van der Waals surface area contributed by atoms with Crippen LogP contribution in [0.4, 0.5) is 0 Å². The van der Waals surface area contributed by atoms with Crippen LogP contribution < -0.4 is 16.1 Å². The molecule has 0 radical (unpaired) electrons. The number of nitrogens with one attached hydrogen (secondary N) is 1. The number of carbonyl (C=O) groups is 4. The molecule has 0 aliphatic carbocycles. The lowest BCUT2D eigenvalue weighted by atomic mass is 9.83. The summed E-state index contributed by atoms with van der Waals surface area (Å²) < 4.78 is 20.1. The lowest BCUT2D eigenvalue weighted by molar-refractivity contribution is -0.905. The first kappa shape index (κ1) is 34.3. The van der Waals surface area contributed by atoms with Gasteiger partial charge in [0.25, 0.3) is 5.91 Å². The van der Waals surface area contributed by atoms with Gasteiger partial charge in [-0.1, -0.05) is 29.9 Å². The average molecular weight is 710 g/mol. The van der Waals surface area contributed by atoms with Crippen LogP contribution in [0.15, 0.2) is 11.4 Å². The number of Topliss-reactive ketones (excluding diaryl/α,β-unsaturated/α-hetero) is 1. The maximum atomic E-state index is 14.7. The van der Waals surface area contributed by atoms with Gasteiger partial charge in [-0.25, -0.2) is 4.59 Å². The van der Waals surface area contributed by atoms with Gasteiger partial charge in [0.1, 0.15) is 0 Å². The number of ether oxygens (including phenoxy) is 2. The minimum atomic E-state index is -1.12. The van der Waals surface area contributed by atoms with Crippen LogP contribution >= 0.6 is 0 Å². The number of ketones is 1. The molecule has 0 saturated carbocycles. The van der Waals surface area contributed by atoms with E-state index in [1.54, 1.807) is 6.92 Å². The number of methoxy groups -OCH3 is 2. The summed E-state index contributed by atoms with van der Waals surface area (Å²) in [4.78, 5) is 54.6. The Balaban J connectivity index is 1.62. The molecular weight excluding hydrogens is 660 g/mol. The molecule has 12 nitrogen and oxygen atoms in total. The van der Waals surface area contributed by atoms with Gasteiger partial charge in [-0.3, -0.25) is 19.2 Å². The summed E-state index contributed by atoms with van der Waals surface area (Å²) in [5.41, 5.74) is 12.5. The van der Waals surface area contributed by atoms with Gasteiger partial charge >= 0.3 is 17.8 Å². The number of rotatable bonds is 9. The normalized spacial score (nSPS) is 25.7. The summed E-state index contributed by atoms with van der Waals surface area (Å²) >= 11 is 0. The molecule has 6 aliphatic heterocycles. The molecule has 0 bridgehead atoms. The van der Waals surface area contributed by atoms with Crippen molar-refractivity contribution in [3.63, 3.8) is 0 Å². The Kier molecular flexibility index (Phi) is 7.30. The van der Waals surface area contributed by atoms with E-state index in [1.165, 1.54) is 14.2 Å². The summed E-state index contributed by atoms with van der Waals surface area (Å²) in [6, 6.07) is 0. The zero-order valence-corrected chi connectivity index (χ0v) is 32.1. The topological polar surface area (TPSA) is 115 Å². The largest absolute Gasteiger partial charge is 0.552 e. The van der Waals surface area contributed by atoms with E-state index in [-0.39, 0.29) is 58.8 Å². The van der Waals surface area contributed by atoms with Crippen LogP contribution in [-0.2, 0) is 25.0 Å². The van der Waals surface area contributed by atoms with Gasteiger partial charge in [0.2, 0.25) is 5.70 Å². The van der Waals surface area contributed by atoms with E-state index in [2.05, 4.69) is 62.7 Å². The van der Waals surface area contributed by atoms with Crippen LogP contribution in [0.2, 0.25) is 0 Å². The van der Waals surface area contributed by atoms with Gasteiger partial charge in [0.15, 0.2) is 22.9 Å². The summed E-state index contributed by atoms with van der Waals surface area (Å²) in [6.07, 6.45) is 8.15. The van der Waals surface area contributed by atoms with Crippen molar-refractivity contribution in [3.05, 3.63) is 55.7 Å². The molecule has 0 fully saturated rings. The number of allylic oxidation sites excluding steroid dienone is 2. The number of hydrogen-bond donors (Lipinski definition) is 1. The Morgan fingerprint density at radius 1 is 0.865 bits per heavy atom. The van der Waals surface area contributed by atoms with Crippen molar-refractivity contribution < 1.29 is 42.4 Å². The van der Waals surface area contributed by atoms with E-state index in [0.717, 1.165) is 56.8 Å². The lowest BCUT2D eigenvalue weighted by Crippen LogP contribution is -2.70. The molecule has 6 aliphatic rings. The number of carbonyl (C=O) groups excluding carboxylic acids is 4. The molecular formula is C40H49N6O6+3. The molecule has 2 aromatic rings. The molecule has 52 heavy (non-hydrogen) atoms. The van der Waals surface area contributed by atoms with Crippen molar-refractivity contribution in [2.75, 3.05) is 35.4 Å². The van der Waals surface area contributed by atoms with Crippen LogP contribution in [-0.4, -0.2) is 93.3 Å². The van der Waals surface area contributed by atoms with E-state index in [4.69, 9.17) is 9.47 Å². The molecule has 2 aromatic heterocycles. The number of amides is 1. The molecule has 12 heteroatoms. The minimum absolute atomic E-state index is 0.00645. The Hall–Kier alpha value is -4.84. The van der Waals surface area contributed by atoms with Crippen molar-refractivity contribution in [1.82, 2.24) is 14.6 Å². The number of esters is 2. The molecule has 1 N–H and O–H groups in total. The van der Waals surface area contributed by atoms with Crippen LogP contribution in [0.1, 0.15) is 96.6 Å². The second-order valence-electron chi connectivity index (χ2n) is 16.1. The zero-order valence-electron chi connectivity index (χ0n) is 32.1. The molecule has 0 aromatic carbocycles. The fourth-order valence-electron chi connectivity index (χ4n) is 10.3. The first-order chi connectivity index (χ1) is 24.5. The quantitative estimate of drug-likeness (QED) is 0.141. The highest BCUT2D eigenvalue weighted by atomic mass is 16.5. The Bertz CT molecular complexity index is 2360. The molecule has 1 spiro atoms. The first-order valence-corrected chi connectivity index (χ1v) is 18.3. The highest BCUT2D eigenvalue weighted by Gasteiger charge is 2.76. The van der Waals surface area contributed by atoms with Gasteiger partial charge in [0, 0.05) is 30.2 Å². The van der Waals surface area contributed by atoms with Gasteiger partial charge in [-0.15, -0.1) is 0 Å². The predicted molar refractivity (Wildman–Crippen MR) is 194 cm³/mol. The number of quaternary nitrogens is 1.